The summed E-state index contributed by atoms with van der Waals surface area (Å²) in [4.78, 5) is 0. The highest BCUT2D eigenvalue weighted by Crippen LogP contribution is 2.50. The van der Waals surface area contributed by atoms with Gasteiger partial charge < -0.3 is 0 Å². The molecular formula is C7Cl7+. The maximum Gasteiger partial charge on any atom is 0.198 e. The first kappa shape index (κ1) is 13.2. The van der Waals surface area contributed by atoms with Gasteiger partial charge in [0.15, 0.2) is 35.6 Å². The number of rotatable bonds is 0. The Hall–Kier alpha value is 1.12. The third-order valence-corrected chi connectivity index (χ3v) is 4.05. The first-order valence-electron chi connectivity index (χ1n) is 3.07. The molecule has 0 N–H and O–H groups in total. The Balaban J connectivity index is 3.42. The zero-order chi connectivity index (χ0) is 11.0. The summed E-state index contributed by atoms with van der Waals surface area (Å²) in [5, 5.41) is 0.354. The van der Waals surface area contributed by atoms with Crippen LogP contribution in [0.3, 0.4) is 0 Å². The summed E-state index contributed by atoms with van der Waals surface area (Å²) in [6, 6.07) is 0. The highest BCUT2D eigenvalue weighted by atomic mass is 35.5. The largest absolute Gasteiger partial charge is 0.198 e. The third-order valence-electron chi connectivity index (χ3n) is 1.40. The summed E-state index contributed by atoms with van der Waals surface area (Å²) in [6.07, 6.45) is 0. The second-order valence-corrected chi connectivity index (χ2v) is 5.04. The second kappa shape index (κ2) is 4.97. The molecule has 0 amide bonds. The number of halogens is 7. The average molecular weight is 332 g/mol. The Morgan fingerprint density at radius 3 is 1.79 bits per heavy atom. The van der Waals surface area contributed by atoms with E-state index in [2.05, 4.69) is 0 Å². The fraction of sp³-hybridized carbons (Fsp3) is 0. The van der Waals surface area contributed by atoms with Crippen LogP contribution < -0.4 is 0 Å². The summed E-state index contributed by atoms with van der Waals surface area (Å²) in [6.45, 7) is 0. The molecule has 1 aliphatic rings. The van der Waals surface area contributed by atoms with Crippen LogP contribution in [0.25, 0.3) is 0 Å². The maximum absolute atomic E-state index is 5.82. The molecule has 0 atom stereocenters. The molecule has 0 aromatic heterocycles. The molecule has 0 heterocycles. The molecule has 0 aliphatic heterocycles. The van der Waals surface area contributed by atoms with Gasteiger partial charge in [0.2, 0.25) is 0 Å². The van der Waals surface area contributed by atoms with Crippen molar-refractivity contribution in [2.45, 2.75) is 0 Å². The van der Waals surface area contributed by atoms with Gasteiger partial charge in [0.1, 0.15) is 0 Å². The zero-order valence-electron chi connectivity index (χ0n) is 6.15. The van der Waals surface area contributed by atoms with Crippen molar-refractivity contribution in [1.82, 2.24) is 0 Å². The summed E-state index contributed by atoms with van der Waals surface area (Å²) >= 11 is 40.0. The van der Waals surface area contributed by atoms with E-state index < -0.39 is 0 Å². The Morgan fingerprint density at radius 2 is 1.36 bits per heavy atom. The van der Waals surface area contributed by atoms with Gasteiger partial charge in [0, 0.05) is 0 Å². The lowest BCUT2D eigenvalue weighted by molar-refractivity contribution is 1.38. The third kappa shape index (κ3) is 2.27. The smallest absolute Gasteiger partial charge is 0.0570 e. The van der Waals surface area contributed by atoms with E-state index in [1.54, 1.807) is 0 Å². The first-order chi connectivity index (χ1) is 6.37. The predicted molar refractivity (Wildman–Crippen MR) is 65.3 cm³/mol. The van der Waals surface area contributed by atoms with E-state index in [1.165, 1.54) is 0 Å². The summed E-state index contributed by atoms with van der Waals surface area (Å²) in [7, 11) is 0. The Kier molecular flexibility index (Phi) is 4.68. The molecule has 0 aromatic rings. The molecule has 0 bridgehead atoms. The van der Waals surface area contributed by atoms with Crippen molar-refractivity contribution in [2.75, 3.05) is 0 Å². The van der Waals surface area contributed by atoms with Gasteiger partial charge in [-0.05, 0) is 58.0 Å². The number of hydrogen-bond acceptors (Lipinski definition) is 0. The van der Waals surface area contributed by atoms with Gasteiger partial charge in [0.25, 0.3) is 0 Å². The van der Waals surface area contributed by atoms with Gasteiger partial charge >= 0.3 is 0 Å². The quantitative estimate of drug-likeness (QED) is 0.489. The average Bonchev–Trinajstić information content (AvgIpc) is 2.11. The van der Waals surface area contributed by atoms with E-state index >= 15 is 0 Å². The maximum atomic E-state index is 5.82. The highest BCUT2D eigenvalue weighted by molar-refractivity contribution is 6.61. The van der Waals surface area contributed by atoms with Gasteiger partial charge in [-0.1, -0.05) is 23.2 Å². The highest BCUT2D eigenvalue weighted by Gasteiger charge is 2.40. The van der Waals surface area contributed by atoms with Crippen molar-refractivity contribution in [2.24, 2.45) is 0 Å². The minimum atomic E-state index is -0.125. The van der Waals surface area contributed by atoms with Crippen LogP contribution in [0.4, 0.5) is 0 Å². The number of allylic oxidation sites excluding steroid dienone is 5. The zero-order valence-corrected chi connectivity index (χ0v) is 11.4. The molecule has 0 saturated carbocycles. The molecule has 0 radical (unpaired) electrons. The summed E-state index contributed by atoms with van der Waals surface area (Å²) in [5.41, 5.74) is 0.177. The molecule has 14 heavy (non-hydrogen) atoms. The van der Waals surface area contributed by atoms with Crippen LogP contribution in [0.1, 0.15) is 0 Å². The van der Waals surface area contributed by atoms with Crippen LogP contribution in [0.2, 0.25) is 0 Å². The lowest BCUT2D eigenvalue weighted by Gasteiger charge is -2.11. The summed E-state index contributed by atoms with van der Waals surface area (Å²) < 4.78 is -0.125. The SMILES string of the molecule is ClC(Cl)=C1C(Cl)=C(Cl)C(Cl)=C(Cl)[C+]1Cl. The Bertz CT molecular complexity index is 358. The van der Waals surface area contributed by atoms with Crippen molar-refractivity contribution in [3.05, 3.63) is 35.6 Å². The van der Waals surface area contributed by atoms with E-state index in [1.807, 2.05) is 0 Å². The lowest BCUT2D eigenvalue weighted by Crippen LogP contribution is -2.04. The first-order valence-corrected chi connectivity index (χ1v) is 5.72. The Labute approximate surface area is 116 Å². The van der Waals surface area contributed by atoms with Crippen LogP contribution >= 0.6 is 81.2 Å². The van der Waals surface area contributed by atoms with Crippen LogP contribution in [-0.4, -0.2) is 0 Å². The Morgan fingerprint density at radius 1 is 0.857 bits per heavy atom. The van der Waals surface area contributed by atoms with Crippen LogP contribution in [0.5, 0.6) is 0 Å². The minimum absolute atomic E-state index is 0.0662. The summed E-state index contributed by atoms with van der Waals surface area (Å²) in [5.74, 6) is 0. The fourth-order valence-corrected chi connectivity index (χ4v) is 2.67. The molecular weight excluding hydrogens is 332 g/mol. The topological polar surface area (TPSA) is 0 Å². The molecule has 7 heteroatoms. The monoisotopic (exact) mass is 329 g/mol. The van der Waals surface area contributed by atoms with E-state index in [0.29, 0.717) is 0 Å². The number of hydrogen-bond donors (Lipinski definition) is 0. The minimum Gasteiger partial charge on any atom is -0.0570 e. The van der Waals surface area contributed by atoms with Gasteiger partial charge in [-0.25, -0.2) is 0 Å². The van der Waals surface area contributed by atoms with Gasteiger partial charge in [-0.15, -0.1) is 0 Å². The molecule has 76 valence electrons. The molecule has 0 spiro atoms. The van der Waals surface area contributed by atoms with Crippen molar-refractivity contribution >= 4 is 81.2 Å². The van der Waals surface area contributed by atoms with E-state index in [0.717, 1.165) is 0 Å². The van der Waals surface area contributed by atoms with E-state index in [-0.39, 0.29) is 35.6 Å². The van der Waals surface area contributed by atoms with Crippen molar-refractivity contribution < 1.29 is 0 Å². The van der Waals surface area contributed by atoms with E-state index in [9.17, 15) is 0 Å². The predicted octanol–water partition coefficient (Wildman–Crippen LogP) is 5.84. The van der Waals surface area contributed by atoms with Crippen molar-refractivity contribution in [1.29, 1.82) is 0 Å². The van der Waals surface area contributed by atoms with Crippen molar-refractivity contribution in [3.8, 4) is 0 Å². The van der Waals surface area contributed by atoms with Gasteiger partial charge in [0.05, 0.1) is 0 Å². The second-order valence-electron chi connectivity index (χ2n) is 2.21. The van der Waals surface area contributed by atoms with Gasteiger partial charge in [-0.3, -0.25) is 0 Å². The van der Waals surface area contributed by atoms with Crippen LogP contribution in [-0.2, 0) is 0 Å². The van der Waals surface area contributed by atoms with Crippen LogP contribution in [0.15, 0.2) is 30.2 Å². The molecule has 0 nitrogen and oxygen atoms in total. The lowest BCUT2D eigenvalue weighted by atomic mass is 10.1. The molecule has 0 fully saturated rings. The standard InChI is InChI=1S/C7Cl7/c8-2-1(7(13)14)3(9)5(11)6(12)4(2)10/q+1. The molecule has 0 unspecified atom stereocenters. The van der Waals surface area contributed by atoms with E-state index in [4.69, 9.17) is 81.2 Å². The van der Waals surface area contributed by atoms with Crippen molar-refractivity contribution in [3.63, 3.8) is 0 Å². The van der Waals surface area contributed by atoms with Crippen LogP contribution in [0, 0.1) is 5.38 Å². The normalized spacial score (nSPS) is 18.2. The molecule has 1 aliphatic carbocycles. The van der Waals surface area contributed by atoms with Gasteiger partial charge in [-0.2, -0.15) is 0 Å². The molecule has 0 saturated heterocycles. The fourth-order valence-electron chi connectivity index (χ4n) is 0.771. The molecule has 0 aromatic carbocycles. The molecule has 1 rings (SSSR count).